The topological polar surface area (TPSA) is 17.1 Å². The maximum absolute atomic E-state index is 12.2. The highest BCUT2D eigenvalue weighted by Crippen LogP contribution is 2.52. The molecule has 0 aliphatic heterocycles. The van der Waals surface area contributed by atoms with E-state index in [1.54, 1.807) is 11.3 Å². The lowest BCUT2D eigenvalue weighted by Gasteiger charge is -2.41. The molecule has 2 aliphatic rings. The fourth-order valence-electron chi connectivity index (χ4n) is 3.29. The van der Waals surface area contributed by atoms with E-state index in [0.717, 1.165) is 16.3 Å². The zero-order valence-electron chi connectivity index (χ0n) is 9.47. The lowest BCUT2D eigenvalue weighted by Crippen LogP contribution is -2.39. The molecule has 1 heterocycles. The number of alkyl halides is 1. The van der Waals surface area contributed by atoms with Crippen molar-refractivity contribution in [2.45, 2.75) is 48.8 Å². The van der Waals surface area contributed by atoms with E-state index in [2.05, 4.69) is 15.9 Å². The van der Waals surface area contributed by atoms with Crippen molar-refractivity contribution in [2.24, 2.45) is 0 Å². The highest BCUT2D eigenvalue weighted by atomic mass is 79.9. The highest BCUT2D eigenvalue weighted by molar-refractivity contribution is 9.10. The van der Waals surface area contributed by atoms with Crippen LogP contribution in [-0.4, -0.2) is 10.6 Å². The Morgan fingerprint density at radius 2 is 2.06 bits per heavy atom. The van der Waals surface area contributed by atoms with Crippen LogP contribution in [0.25, 0.3) is 0 Å². The lowest BCUT2D eigenvalue weighted by molar-refractivity contribution is 0.0953. The Labute approximate surface area is 119 Å². The van der Waals surface area contributed by atoms with Gasteiger partial charge in [0.05, 0.1) is 9.16 Å². The third-order valence-corrected chi connectivity index (χ3v) is 6.36. The molecule has 0 aromatic carbocycles. The highest BCUT2D eigenvalue weighted by Gasteiger charge is 2.45. The Hall–Kier alpha value is 0.140. The SMILES string of the molecule is O=C1c2cc(Cl)sc2C2(CCCCC2)CC1Br. The maximum Gasteiger partial charge on any atom is 0.177 e. The molecule has 92 valence electrons. The summed E-state index contributed by atoms with van der Waals surface area (Å²) in [5, 5.41) is 0. The molecule has 1 aromatic heterocycles. The number of rotatable bonds is 0. The zero-order chi connectivity index (χ0) is 12.0. The third kappa shape index (κ3) is 1.91. The van der Waals surface area contributed by atoms with Gasteiger partial charge in [-0.15, -0.1) is 11.3 Å². The summed E-state index contributed by atoms with van der Waals surface area (Å²) in [6.45, 7) is 0. The van der Waals surface area contributed by atoms with Crippen molar-refractivity contribution in [3.8, 4) is 0 Å². The third-order valence-electron chi connectivity index (χ3n) is 4.11. The van der Waals surface area contributed by atoms with Gasteiger partial charge in [0, 0.05) is 15.9 Å². The summed E-state index contributed by atoms with van der Waals surface area (Å²) < 4.78 is 0.759. The largest absolute Gasteiger partial charge is 0.293 e. The Bertz CT molecular complexity index is 462. The van der Waals surface area contributed by atoms with Crippen LogP contribution in [-0.2, 0) is 5.41 Å². The molecule has 2 aliphatic carbocycles. The van der Waals surface area contributed by atoms with E-state index < -0.39 is 0 Å². The fourth-order valence-corrected chi connectivity index (χ4v) is 5.65. The molecule has 4 heteroatoms. The molecular weight excluding hydrogens is 320 g/mol. The van der Waals surface area contributed by atoms with Gasteiger partial charge in [0.25, 0.3) is 0 Å². The first-order valence-corrected chi connectivity index (χ1v) is 8.21. The Morgan fingerprint density at radius 1 is 1.35 bits per heavy atom. The molecule has 3 rings (SSSR count). The molecule has 0 N–H and O–H groups in total. The molecule has 1 saturated carbocycles. The first-order chi connectivity index (χ1) is 8.12. The predicted molar refractivity (Wildman–Crippen MR) is 75.8 cm³/mol. The van der Waals surface area contributed by atoms with Crippen molar-refractivity contribution in [3.05, 3.63) is 20.8 Å². The number of hydrogen-bond acceptors (Lipinski definition) is 2. The molecule has 1 atom stereocenters. The van der Waals surface area contributed by atoms with Gasteiger partial charge in [-0.2, -0.15) is 0 Å². The Morgan fingerprint density at radius 3 is 2.76 bits per heavy atom. The smallest absolute Gasteiger partial charge is 0.177 e. The van der Waals surface area contributed by atoms with E-state index >= 15 is 0 Å². The van der Waals surface area contributed by atoms with Crippen molar-refractivity contribution in [2.75, 3.05) is 0 Å². The molecule has 1 fully saturated rings. The number of ketones is 1. The van der Waals surface area contributed by atoms with Crippen LogP contribution in [0.2, 0.25) is 4.34 Å². The number of hydrogen-bond donors (Lipinski definition) is 0. The van der Waals surface area contributed by atoms with Crippen LogP contribution in [0.1, 0.15) is 53.8 Å². The van der Waals surface area contributed by atoms with Crippen molar-refractivity contribution in [1.82, 2.24) is 0 Å². The van der Waals surface area contributed by atoms with Gasteiger partial charge < -0.3 is 0 Å². The summed E-state index contributed by atoms with van der Waals surface area (Å²) in [4.78, 5) is 13.4. The molecule has 0 saturated heterocycles. The number of carbonyl (C=O) groups is 1. The number of carbonyl (C=O) groups excluding carboxylic acids is 1. The van der Waals surface area contributed by atoms with Gasteiger partial charge >= 0.3 is 0 Å². The first kappa shape index (κ1) is 12.2. The van der Waals surface area contributed by atoms with E-state index in [-0.39, 0.29) is 16.0 Å². The normalized spacial score (nSPS) is 27.2. The molecule has 0 amide bonds. The predicted octanol–water partition coefficient (Wildman–Crippen LogP) is 4.95. The average molecular weight is 334 g/mol. The van der Waals surface area contributed by atoms with Gasteiger partial charge in [0.15, 0.2) is 5.78 Å². The first-order valence-electron chi connectivity index (χ1n) is 6.10. The van der Waals surface area contributed by atoms with E-state index in [1.165, 1.54) is 37.0 Å². The minimum absolute atomic E-state index is 0.0150. The summed E-state index contributed by atoms with van der Waals surface area (Å²) in [6, 6.07) is 1.87. The molecule has 1 spiro atoms. The van der Waals surface area contributed by atoms with Crippen LogP contribution in [0, 0.1) is 0 Å². The Kier molecular flexibility index (Phi) is 3.12. The second kappa shape index (κ2) is 4.36. The molecule has 0 bridgehead atoms. The Balaban J connectivity index is 2.11. The van der Waals surface area contributed by atoms with E-state index in [9.17, 15) is 4.79 Å². The van der Waals surface area contributed by atoms with Crippen molar-refractivity contribution in [1.29, 1.82) is 0 Å². The minimum Gasteiger partial charge on any atom is -0.293 e. The van der Waals surface area contributed by atoms with Gasteiger partial charge in [-0.1, -0.05) is 46.8 Å². The van der Waals surface area contributed by atoms with Crippen LogP contribution < -0.4 is 0 Å². The average Bonchev–Trinajstić information content (AvgIpc) is 2.71. The van der Waals surface area contributed by atoms with Crippen LogP contribution in [0.3, 0.4) is 0 Å². The standard InChI is InChI=1S/C13H14BrClOS/c14-9-7-13(4-2-1-3-5-13)12-8(11(9)16)6-10(15)17-12/h6,9H,1-5,7H2. The van der Waals surface area contributed by atoms with Crippen molar-refractivity contribution >= 4 is 44.7 Å². The van der Waals surface area contributed by atoms with Crippen molar-refractivity contribution < 1.29 is 4.79 Å². The lowest BCUT2D eigenvalue weighted by atomic mass is 9.66. The molecule has 17 heavy (non-hydrogen) atoms. The van der Waals surface area contributed by atoms with Crippen LogP contribution in [0.4, 0.5) is 0 Å². The maximum atomic E-state index is 12.2. The summed E-state index contributed by atoms with van der Waals surface area (Å²) in [5.41, 5.74) is 1.11. The molecule has 1 aromatic rings. The minimum atomic E-state index is -0.0150. The van der Waals surface area contributed by atoms with E-state index in [4.69, 9.17) is 11.6 Å². The van der Waals surface area contributed by atoms with Gasteiger partial charge in [0.2, 0.25) is 0 Å². The van der Waals surface area contributed by atoms with Gasteiger partial charge in [-0.05, 0) is 25.3 Å². The number of halogens is 2. The van der Waals surface area contributed by atoms with Gasteiger partial charge in [0.1, 0.15) is 0 Å². The number of Topliss-reactive ketones (excluding diaryl/α,β-unsaturated/α-hetero) is 1. The summed E-state index contributed by atoms with van der Waals surface area (Å²) in [7, 11) is 0. The molecular formula is C13H14BrClOS. The number of thiophene rings is 1. The summed E-state index contributed by atoms with van der Waals surface area (Å²) in [6.07, 6.45) is 7.27. The summed E-state index contributed by atoms with van der Waals surface area (Å²) in [5.74, 6) is 0.222. The van der Waals surface area contributed by atoms with Gasteiger partial charge in [-0.25, -0.2) is 0 Å². The molecule has 1 nitrogen and oxygen atoms in total. The van der Waals surface area contributed by atoms with E-state index in [0.29, 0.717) is 0 Å². The van der Waals surface area contributed by atoms with Crippen molar-refractivity contribution in [3.63, 3.8) is 0 Å². The van der Waals surface area contributed by atoms with Crippen LogP contribution in [0.15, 0.2) is 6.07 Å². The van der Waals surface area contributed by atoms with E-state index in [1.807, 2.05) is 6.07 Å². The monoisotopic (exact) mass is 332 g/mol. The second-order valence-electron chi connectivity index (χ2n) is 5.17. The zero-order valence-corrected chi connectivity index (χ0v) is 12.6. The van der Waals surface area contributed by atoms with Crippen LogP contribution >= 0.6 is 38.9 Å². The molecule has 1 unspecified atom stereocenters. The second-order valence-corrected chi connectivity index (χ2v) is 7.96. The summed E-state index contributed by atoms with van der Waals surface area (Å²) >= 11 is 11.3. The quantitative estimate of drug-likeness (QED) is 0.614. The van der Waals surface area contributed by atoms with Gasteiger partial charge in [-0.3, -0.25) is 4.79 Å². The van der Waals surface area contributed by atoms with Crippen LogP contribution in [0.5, 0.6) is 0 Å². The number of fused-ring (bicyclic) bond motifs is 2. The molecule has 0 radical (unpaired) electrons. The fraction of sp³-hybridized carbons (Fsp3) is 0.615.